The zero-order valence-electron chi connectivity index (χ0n) is 14.6. The third-order valence-electron chi connectivity index (χ3n) is 4.05. The average Bonchev–Trinajstić information content (AvgIpc) is 3.27. The summed E-state index contributed by atoms with van der Waals surface area (Å²) >= 11 is 2.56. The van der Waals surface area contributed by atoms with Gasteiger partial charge in [0.25, 0.3) is 0 Å². The number of carboxylic acids is 1. The normalized spacial score (nSPS) is 11.0. The van der Waals surface area contributed by atoms with Gasteiger partial charge in [0.1, 0.15) is 5.82 Å². The smallest absolute Gasteiger partial charge is 0.355 e. The molecule has 0 bridgehead atoms. The highest BCUT2D eigenvalue weighted by molar-refractivity contribution is 7.22. The summed E-state index contributed by atoms with van der Waals surface area (Å²) in [6.07, 6.45) is 0. The maximum atomic E-state index is 13.3. The fraction of sp³-hybridized carbons (Fsp3) is 0.118. The van der Waals surface area contributed by atoms with Gasteiger partial charge in [-0.2, -0.15) is 0 Å². The summed E-state index contributed by atoms with van der Waals surface area (Å²) in [5.74, 6) is -0.396. The molecule has 142 valence electrons. The number of halogens is 1. The summed E-state index contributed by atoms with van der Waals surface area (Å²) in [4.78, 5) is 19.3. The Morgan fingerprint density at radius 1 is 1.07 bits per heavy atom. The predicted molar refractivity (Wildman–Crippen MR) is 107 cm³/mol. The highest BCUT2D eigenvalue weighted by atomic mass is 32.1. The standard InChI is InChI=1S/C17H13FN6O2S2/c1-7-8(2)14(22-17-19-10-5-9(18)3-4-12(10)28-17)24-23-13(7)21-16-20-11(6-27-16)15(25)26/h3-6H,1-2H3,(H,25,26)(H,19,22,24)(H,20,21,23). The number of benzene rings is 1. The van der Waals surface area contributed by atoms with Gasteiger partial charge in [-0.05, 0) is 26.0 Å². The number of nitrogens with zero attached hydrogens (tertiary/aromatic N) is 4. The van der Waals surface area contributed by atoms with Gasteiger partial charge in [0, 0.05) is 22.6 Å². The first-order valence-corrected chi connectivity index (χ1v) is 9.73. The van der Waals surface area contributed by atoms with Crippen molar-refractivity contribution in [2.24, 2.45) is 0 Å². The maximum Gasteiger partial charge on any atom is 0.355 e. The van der Waals surface area contributed by atoms with Crippen LogP contribution in [0.2, 0.25) is 0 Å². The molecule has 0 saturated heterocycles. The van der Waals surface area contributed by atoms with Crippen LogP contribution in [0.25, 0.3) is 10.2 Å². The van der Waals surface area contributed by atoms with E-state index in [4.69, 9.17) is 5.11 Å². The molecule has 3 heterocycles. The molecule has 0 spiro atoms. The molecular formula is C17H13FN6O2S2. The summed E-state index contributed by atoms with van der Waals surface area (Å²) in [5.41, 5.74) is 2.22. The Morgan fingerprint density at radius 2 is 1.75 bits per heavy atom. The fourth-order valence-electron chi connectivity index (χ4n) is 2.43. The number of hydrogen-bond acceptors (Lipinski definition) is 9. The lowest BCUT2D eigenvalue weighted by atomic mass is 10.2. The predicted octanol–water partition coefficient (Wildman–Crippen LogP) is 4.48. The van der Waals surface area contributed by atoms with Crippen LogP contribution in [0.1, 0.15) is 21.6 Å². The first-order valence-electron chi connectivity index (χ1n) is 8.03. The first kappa shape index (κ1) is 18.2. The Bertz CT molecular complexity index is 1210. The van der Waals surface area contributed by atoms with Crippen molar-refractivity contribution in [1.29, 1.82) is 0 Å². The molecule has 0 aliphatic rings. The summed E-state index contributed by atoms with van der Waals surface area (Å²) in [7, 11) is 0. The van der Waals surface area contributed by atoms with Crippen LogP contribution in [0.5, 0.6) is 0 Å². The number of aromatic nitrogens is 4. The van der Waals surface area contributed by atoms with Crippen molar-refractivity contribution in [3.63, 3.8) is 0 Å². The van der Waals surface area contributed by atoms with E-state index >= 15 is 0 Å². The largest absolute Gasteiger partial charge is 0.476 e. The molecule has 1 aromatic carbocycles. The number of carboxylic acid groups (broad SMARTS) is 1. The number of fused-ring (bicyclic) bond motifs is 1. The van der Waals surface area contributed by atoms with Gasteiger partial charge in [0.2, 0.25) is 0 Å². The molecular weight excluding hydrogens is 403 g/mol. The van der Waals surface area contributed by atoms with Gasteiger partial charge in [0.15, 0.2) is 27.6 Å². The average molecular weight is 416 g/mol. The lowest BCUT2D eigenvalue weighted by molar-refractivity contribution is 0.0691. The van der Waals surface area contributed by atoms with Gasteiger partial charge in [-0.1, -0.05) is 11.3 Å². The van der Waals surface area contributed by atoms with Crippen LogP contribution >= 0.6 is 22.7 Å². The summed E-state index contributed by atoms with van der Waals surface area (Å²) in [6, 6.07) is 4.46. The second-order valence-electron chi connectivity index (χ2n) is 5.87. The van der Waals surface area contributed by atoms with E-state index < -0.39 is 5.97 Å². The van der Waals surface area contributed by atoms with Gasteiger partial charge in [-0.3, -0.25) is 0 Å². The number of rotatable bonds is 5. The molecule has 11 heteroatoms. The number of aromatic carboxylic acids is 1. The third kappa shape index (κ3) is 3.49. The van der Waals surface area contributed by atoms with Gasteiger partial charge in [0.05, 0.1) is 10.2 Å². The minimum atomic E-state index is -1.08. The summed E-state index contributed by atoms with van der Waals surface area (Å²) < 4.78 is 14.2. The quantitative estimate of drug-likeness (QED) is 0.436. The number of hydrogen-bond donors (Lipinski definition) is 3. The molecule has 0 saturated carbocycles. The van der Waals surface area contributed by atoms with Crippen LogP contribution in [0.15, 0.2) is 23.6 Å². The van der Waals surface area contributed by atoms with Crippen molar-refractivity contribution in [2.45, 2.75) is 13.8 Å². The van der Waals surface area contributed by atoms with E-state index in [1.165, 1.54) is 40.2 Å². The molecule has 0 amide bonds. The number of nitrogens with one attached hydrogen (secondary N) is 2. The summed E-state index contributed by atoms with van der Waals surface area (Å²) in [5, 5.41) is 25.9. The molecule has 8 nitrogen and oxygen atoms in total. The molecule has 3 aromatic heterocycles. The van der Waals surface area contributed by atoms with Gasteiger partial charge in [-0.15, -0.1) is 21.5 Å². The van der Waals surface area contributed by atoms with Gasteiger partial charge >= 0.3 is 5.97 Å². The Hall–Kier alpha value is -3.18. The van der Waals surface area contributed by atoms with Crippen molar-refractivity contribution < 1.29 is 14.3 Å². The fourth-order valence-corrected chi connectivity index (χ4v) is 3.96. The van der Waals surface area contributed by atoms with Crippen LogP contribution < -0.4 is 10.6 Å². The third-order valence-corrected chi connectivity index (χ3v) is 5.76. The highest BCUT2D eigenvalue weighted by Crippen LogP contribution is 2.31. The minimum absolute atomic E-state index is 0.0274. The first-order chi connectivity index (χ1) is 13.4. The SMILES string of the molecule is Cc1c(Nc2nc(C(=O)O)cs2)nnc(Nc2nc3cc(F)ccc3s2)c1C. The Labute approximate surface area is 166 Å². The monoisotopic (exact) mass is 416 g/mol. The van der Waals surface area contributed by atoms with Crippen LogP contribution in [0.4, 0.5) is 26.3 Å². The van der Waals surface area contributed by atoms with Crippen molar-refractivity contribution in [3.05, 3.63) is 46.2 Å². The van der Waals surface area contributed by atoms with Gasteiger partial charge in [-0.25, -0.2) is 19.2 Å². The molecule has 4 aromatic rings. The molecule has 0 aliphatic heterocycles. The summed E-state index contributed by atoms with van der Waals surface area (Å²) in [6.45, 7) is 3.76. The molecule has 0 fully saturated rings. The van der Waals surface area contributed by atoms with E-state index in [1.807, 2.05) is 13.8 Å². The van der Waals surface area contributed by atoms with Crippen molar-refractivity contribution in [1.82, 2.24) is 20.2 Å². The van der Waals surface area contributed by atoms with Crippen molar-refractivity contribution >= 4 is 60.8 Å². The number of thiazole rings is 2. The van der Waals surface area contributed by atoms with Crippen LogP contribution in [0.3, 0.4) is 0 Å². The zero-order chi connectivity index (χ0) is 19.8. The maximum absolute atomic E-state index is 13.3. The molecule has 0 radical (unpaired) electrons. The zero-order valence-corrected chi connectivity index (χ0v) is 16.3. The van der Waals surface area contributed by atoms with E-state index in [0.717, 1.165) is 15.8 Å². The lowest BCUT2D eigenvalue weighted by Gasteiger charge is -2.11. The highest BCUT2D eigenvalue weighted by Gasteiger charge is 2.14. The van der Waals surface area contributed by atoms with Crippen LogP contribution in [0, 0.1) is 19.7 Å². The van der Waals surface area contributed by atoms with Crippen molar-refractivity contribution in [3.8, 4) is 0 Å². The van der Waals surface area contributed by atoms with E-state index in [9.17, 15) is 9.18 Å². The topological polar surface area (TPSA) is 113 Å². The van der Waals surface area contributed by atoms with E-state index in [2.05, 4.69) is 30.8 Å². The Morgan fingerprint density at radius 3 is 2.39 bits per heavy atom. The molecule has 3 N–H and O–H groups in total. The second-order valence-corrected chi connectivity index (χ2v) is 7.76. The lowest BCUT2D eigenvalue weighted by Crippen LogP contribution is -2.05. The molecule has 28 heavy (non-hydrogen) atoms. The van der Waals surface area contributed by atoms with Gasteiger partial charge < -0.3 is 15.7 Å². The number of carbonyl (C=O) groups is 1. The Kier molecular flexibility index (Phi) is 4.61. The molecule has 0 atom stereocenters. The van der Waals surface area contributed by atoms with Crippen LogP contribution in [-0.4, -0.2) is 31.2 Å². The number of anilines is 4. The van der Waals surface area contributed by atoms with E-state index in [0.29, 0.717) is 27.4 Å². The minimum Gasteiger partial charge on any atom is -0.476 e. The van der Waals surface area contributed by atoms with Crippen molar-refractivity contribution in [2.75, 3.05) is 10.6 Å². The van der Waals surface area contributed by atoms with E-state index in [1.54, 1.807) is 6.07 Å². The Balaban J connectivity index is 1.58. The molecule has 4 rings (SSSR count). The molecule has 0 aliphatic carbocycles. The molecule has 0 unspecified atom stereocenters. The van der Waals surface area contributed by atoms with E-state index in [-0.39, 0.29) is 11.5 Å². The van der Waals surface area contributed by atoms with Crippen LogP contribution in [-0.2, 0) is 0 Å². The second kappa shape index (κ2) is 7.09.